The summed E-state index contributed by atoms with van der Waals surface area (Å²) in [5, 5.41) is 28.3. The molecule has 5 N–H and O–H groups in total. The smallest absolute Gasteiger partial charge is 0.422 e. The number of amidine groups is 1. The summed E-state index contributed by atoms with van der Waals surface area (Å²) in [5.74, 6) is -0.188. The Hall–Kier alpha value is -1.67. The summed E-state index contributed by atoms with van der Waals surface area (Å²) in [6.45, 7) is 0. The zero-order chi connectivity index (χ0) is 9.84. The fourth-order valence-electron chi connectivity index (χ4n) is 0.655. The summed E-state index contributed by atoms with van der Waals surface area (Å²) in [7, 11) is -1.67. The van der Waals surface area contributed by atoms with Crippen molar-refractivity contribution in [3.05, 3.63) is 18.1 Å². The molecule has 0 spiro atoms. The SMILES string of the molecule is N/C(=N\O)c1cnc(B(O)O)cn1. The van der Waals surface area contributed by atoms with E-state index in [-0.39, 0.29) is 17.1 Å². The summed E-state index contributed by atoms with van der Waals surface area (Å²) >= 11 is 0. The van der Waals surface area contributed by atoms with Gasteiger partial charge >= 0.3 is 7.12 Å². The Kier molecular flexibility index (Phi) is 2.78. The van der Waals surface area contributed by atoms with Crippen LogP contribution in [0.4, 0.5) is 0 Å². The van der Waals surface area contributed by atoms with Crippen molar-refractivity contribution in [2.24, 2.45) is 10.9 Å². The van der Waals surface area contributed by atoms with Gasteiger partial charge in [0.25, 0.3) is 0 Å². The van der Waals surface area contributed by atoms with Gasteiger partial charge in [0.1, 0.15) is 5.69 Å². The Morgan fingerprint density at radius 2 is 2.08 bits per heavy atom. The second kappa shape index (κ2) is 3.83. The van der Waals surface area contributed by atoms with E-state index >= 15 is 0 Å². The first-order valence-corrected chi connectivity index (χ1v) is 3.31. The van der Waals surface area contributed by atoms with Crippen molar-refractivity contribution in [2.75, 3.05) is 0 Å². The predicted molar refractivity (Wildman–Crippen MR) is 44.4 cm³/mol. The number of rotatable bonds is 2. The van der Waals surface area contributed by atoms with Crippen LogP contribution in [0.3, 0.4) is 0 Å². The van der Waals surface area contributed by atoms with Gasteiger partial charge in [0.15, 0.2) is 5.84 Å². The molecule has 0 aliphatic rings. The lowest BCUT2D eigenvalue weighted by atomic mass is 9.87. The van der Waals surface area contributed by atoms with Gasteiger partial charge in [0, 0.05) is 6.20 Å². The van der Waals surface area contributed by atoms with E-state index in [9.17, 15) is 0 Å². The Morgan fingerprint density at radius 3 is 2.46 bits per heavy atom. The lowest BCUT2D eigenvalue weighted by Crippen LogP contribution is -2.33. The van der Waals surface area contributed by atoms with Gasteiger partial charge in [-0.1, -0.05) is 5.16 Å². The third-order valence-corrected chi connectivity index (χ3v) is 1.31. The number of aromatic nitrogens is 2. The second-order valence-corrected chi connectivity index (χ2v) is 2.19. The van der Waals surface area contributed by atoms with Crippen molar-refractivity contribution in [1.29, 1.82) is 0 Å². The van der Waals surface area contributed by atoms with E-state index in [0.29, 0.717) is 0 Å². The van der Waals surface area contributed by atoms with E-state index in [2.05, 4.69) is 15.1 Å². The van der Waals surface area contributed by atoms with E-state index in [1.54, 1.807) is 0 Å². The summed E-state index contributed by atoms with van der Waals surface area (Å²) in [4.78, 5) is 7.29. The van der Waals surface area contributed by atoms with E-state index in [1.165, 1.54) is 6.20 Å². The third-order valence-electron chi connectivity index (χ3n) is 1.31. The molecule has 0 aliphatic heterocycles. The van der Waals surface area contributed by atoms with Gasteiger partial charge in [0.2, 0.25) is 0 Å². The predicted octanol–water partition coefficient (Wildman–Crippen LogP) is -2.75. The van der Waals surface area contributed by atoms with Crippen molar-refractivity contribution in [2.45, 2.75) is 0 Å². The van der Waals surface area contributed by atoms with Crippen LogP contribution < -0.4 is 11.3 Å². The molecule has 0 unspecified atom stereocenters. The zero-order valence-corrected chi connectivity index (χ0v) is 6.49. The molecule has 1 heterocycles. The molecule has 0 saturated carbocycles. The number of hydrogen-bond acceptors (Lipinski definition) is 6. The highest BCUT2D eigenvalue weighted by Crippen LogP contribution is 1.87. The minimum absolute atomic E-state index is 0.00510. The Morgan fingerprint density at radius 1 is 1.38 bits per heavy atom. The first-order valence-electron chi connectivity index (χ1n) is 3.31. The summed E-state index contributed by atoms with van der Waals surface area (Å²) in [6.07, 6.45) is 2.29. The first-order chi connectivity index (χ1) is 6.15. The first kappa shape index (κ1) is 9.42. The van der Waals surface area contributed by atoms with Gasteiger partial charge in [-0.15, -0.1) is 0 Å². The molecule has 0 aliphatic carbocycles. The summed E-state index contributed by atoms with van der Waals surface area (Å²) in [5.41, 5.74) is 5.35. The highest BCUT2D eigenvalue weighted by atomic mass is 16.4. The van der Waals surface area contributed by atoms with Crippen LogP contribution in [0.15, 0.2) is 17.5 Å². The molecular weight excluding hydrogens is 175 g/mol. The molecule has 0 amide bonds. The highest BCUT2D eigenvalue weighted by molar-refractivity contribution is 6.57. The Balaban J connectivity index is 2.94. The lowest BCUT2D eigenvalue weighted by Gasteiger charge is -1.99. The van der Waals surface area contributed by atoms with E-state index in [1.807, 2.05) is 0 Å². The topological polar surface area (TPSA) is 125 Å². The number of nitrogens with two attached hydrogens (primary N) is 1. The van der Waals surface area contributed by atoms with Gasteiger partial charge < -0.3 is 21.0 Å². The van der Waals surface area contributed by atoms with Crippen LogP contribution >= 0.6 is 0 Å². The molecule has 0 saturated heterocycles. The number of oxime groups is 1. The van der Waals surface area contributed by atoms with E-state index in [4.69, 9.17) is 21.0 Å². The van der Waals surface area contributed by atoms with Crippen LogP contribution in [0.2, 0.25) is 0 Å². The summed E-state index contributed by atoms with van der Waals surface area (Å²) in [6, 6.07) is 0. The standard InChI is InChI=1S/C5H7BN4O3/c7-5(10-13)3-1-9-4(2-8-3)6(11)12/h1-2,11-13H,(H2,7,10). The van der Waals surface area contributed by atoms with E-state index < -0.39 is 7.12 Å². The van der Waals surface area contributed by atoms with Gasteiger partial charge in [-0.3, -0.25) is 9.97 Å². The van der Waals surface area contributed by atoms with Crippen LogP contribution in [0.5, 0.6) is 0 Å². The quantitative estimate of drug-likeness (QED) is 0.129. The van der Waals surface area contributed by atoms with E-state index in [0.717, 1.165) is 6.20 Å². The number of hydrogen-bond donors (Lipinski definition) is 4. The molecule has 8 heteroatoms. The highest BCUT2D eigenvalue weighted by Gasteiger charge is 2.13. The molecule has 68 valence electrons. The third kappa shape index (κ3) is 2.14. The normalized spacial score (nSPS) is 11.4. The van der Waals surface area contributed by atoms with Crippen molar-refractivity contribution in [3.8, 4) is 0 Å². The van der Waals surface area contributed by atoms with Crippen molar-refractivity contribution >= 4 is 18.5 Å². The van der Waals surface area contributed by atoms with Crippen molar-refractivity contribution < 1.29 is 15.3 Å². The van der Waals surface area contributed by atoms with Crippen LogP contribution in [-0.2, 0) is 0 Å². The van der Waals surface area contributed by atoms with Gasteiger partial charge in [0.05, 0.1) is 11.8 Å². The van der Waals surface area contributed by atoms with Crippen LogP contribution in [0, 0.1) is 0 Å². The van der Waals surface area contributed by atoms with Crippen molar-refractivity contribution in [3.63, 3.8) is 0 Å². The van der Waals surface area contributed by atoms with Crippen LogP contribution in [0.1, 0.15) is 5.69 Å². The Labute approximate surface area is 73.7 Å². The Bertz CT molecular complexity index is 312. The molecule has 0 atom stereocenters. The summed E-state index contributed by atoms with van der Waals surface area (Å²) < 4.78 is 0. The maximum atomic E-state index is 8.65. The van der Waals surface area contributed by atoms with Gasteiger partial charge in [-0.05, 0) is 0 Å². The molecule has 0 fully saturated rings. The molecule has 1 aromatic heterocycles. The fourth-order valence-corrected chi connectivity index (χ4v) is 0.655. The number of nitrogens with zero attached hydrogens (tertiary/aromatic N) is 3. The largest absolute Gasteiger partial charge is 0.509 e. The average molecular weight is 182 g/mol. The lowest BCUT2D eigenvalue weighted by molar-refractivity contribution is 0.318. The van der Waals surface area contributed by atoms with Crippen LogP contribution in [0.25, 0.3) is 0 Å². The molecule has 0 aromatic carbocycles. The molecule has 13 heavy (non-hydrogen) atoms. The second-order valence-electron chi connectivity index (χ2n) is 2.19. The molecule has 7 nitrogen and oxygen atoms in total. The average Bonchev–Trinajstić information content (AvgIpc) is 2.17. The zero-order valence-electron chi connectivity index (χ0n) is 6.49. The van der Waals surface area contributed by atoms with Gasteiger partial charge in [-0.25, -0.2) is 0 Å². The maximum Gasteiger partial charge on any atom is 0.509 e. The molecule has 1 rings (SSSR count). The molecule has 0 radical (unpaired) electrons. The van der Waals surface area contributed by atoms with Gasteiger partial charge in [-0.2, -0.15) is 0 Å². The molecule has 1 aromatic rings. The minimum Gasteiger partial charge on any atom is -0.422 e. The van der Waals surface area contributed by atoms with Crippen molar-refractivity contribution in [1.82, 2.24) is 9.97 Å². The monoisotopic (exact) mass is 182 g/mol. The minimum atomic E-state index is -1.67. The molecule has 0 bridgehead atoms. The maximum absolute atomic E-state index is 8.65. The van der Waals surface area contributed by atoms with Crippen LogP contribution in [-0.4, -0.2) is 38.2 Å². The fraction of sp³-hybridized carbons (Fsp3) is 0. The molecular formula is C5H7BN4O3.